The van der Waals surface area contributed by atoms with Crippen LogP contribution in [0.1, 0.15) is 52.6 Å². The van der Waals surface area contributed by atoms with Crippen molar-refractivity contribution in [1.82, 2.24) is 9.88 Å². The summed E-state index contributed by atoms with van der Waals surface area (Å²) in [6, 6.07) is 17.7. The molecule has 194 valence electrons. The van der Waals surface area contributed by atoms with Crippen LogP contribution in [0.3, 0.4) is 0 Å². The minimum absolute atomic E-state index is 0.153. The van der Waals surface area contributed by atoms with Gasteiger partial charge in [0.15, 0.2) is 9.84 Å². The zero-order valence-corrected chi connectivity index (χ0v) is 23.5. The Kier molecular flexibility index (Phi) is 7.93. The molecule has 1 N–H and O–H groups in total. The molecule has 0 fully saturated rings. The van der Waals surface area contributed by atoms with E-state index in [1.807, 2.05) is 45.0 Å². The maximum absolute atomic E-state index is 14.5. The number of pyridine rings is 1. The molecule has 7 heteroatoms. The Morgan fingerprint density at radius 2 is 1.59 bits per heavy atom. The van der Waals surface area contributed by atoms with Gasteiger partial charge in [0.1, 0.15) is 11.0 Å². The zero-order chi connectivity index (χ0) is 26.9. The summed E-state index contributed by atoms with van der Waals surface area (Å²) in [5.74, 6) is 0.153. The van der Waals surface area contributed by atoms with Gasteiger partial charge < -0.3 is 5.11 Å². The molecule has 0 bridgehead atoms. The van der Waals surface area contributed by atoms with E-state index in [-0.39, 0.29) is 10.6 Å². The number of halogens is 1. The first kappa shape index (κ1) is 27.1. The van der Waals surface area contributed by atoms with Crippen LogP contribution in [-0.4, -0.2) is 36.5 Å². The number of phenolic OH excluding ortho intramolecular Hbond substituents is 1. The van der Waals surface area contributed by atoms with Gasteiger partial charge in [-0.3, -0.25) is 9.88 Å². The molecule has 1 heterocycles. The highest BCUT2D eigenvalue weighted by Crippen LogP contribution is 2.40. The first-order chi connectivity index (χ1) is 17.5. The average molecular weight is 537 g/mol. The van der Waals surface area contributed by atoms with Crippen molar-refractivity contribution in [3.63, 3.8) is 0 Å². The molecule has 4 rings (SSSR count). The van der Waals surface area contributed by atoms with Gasteiger partial charge in [0.2, 0.25) is 0 Å². The Labute approximate surface area is 224 Å². The molecule has 0 radical (unpaired) electrons. The van der Waals surface area contributed by atoms with E-state index in [9.17, 15) is 13.5 Å². The van der Waals surface area contributed by atoms with E-state index in [1.165, 1.54) is 0 Å². The number of aryl methyl sites for hydroxylation is 3. The first-order valence-corrected chi connectivity index (χ1v) is 14.4. The van der Waals surface area contributed by atoms with Crippen molar-refractivity contribution in [2.24, 2.45) is 0 Å². The van der Waals surface area contributed by atoms with Crippen molar-refractivity contribution in [3.8, 4) is 5.75 Å². The minimum atomic E-state index is -3.90. The Hall–Kier alpha value is -2.93. The molecule has 0 amide bonds. The van der Waals surface area contributed by atoms with Crippen molar-refractivity contribution < 1.29 is 13.5 Å². The number of hydrogen-bond acceptors (Lipinski definition) is 5. The number of aromatic nitrogens is 1. The lowest BCUT2D eigenvalue weighted by molar-refractivity contribution is 0.290. The summed E-state index contributed by atoms with van der Waals surface area (Å²) in [4.78, 5) is 7.07. The van der Waals surface area contributed by atoms with Crippen LogP contribution in [0.4, 0.5) is 0 Å². The third-order valence-corrected chi connectivity index (χ3v) is 9.02. The van der Waals surface area contributed by atoms with Crippen molar-refractivity contribution in [2.45, 2.75) is 51.3 Å². The molecule has 1 atom stereocenters. The van der Waals surface area contributed by atoms with Crippen LogP contribution in [0.15, 0.2) is 65.6 Å². The molecular formula is C30H33ClN2O3S. The summed E-state index contributed by atoms with van der Waals surface area (Å²) in [5, 5.41) is 10.9. The van der Waals surface area contributed by atoms with Gasteiger partial charge >= 0.3 is 0 Å². The molecule has 0 aliphatic rings. The van der Waals surface area contributed by atoms with Gasteiger partial charge in [-0.25, -0.2) is 8.42 Å². The van der Waals surface area contributed by atoms with Crippen LogP contribution in [0.25, 0.3) is 10.9 Å². The number of phenols is 1. The molecule has 0 spiro atoms. The molecule has 0 aliphatic carbocycles. The van der Waals surface area contributed by atoms with E-state index in [4.69, 9.17) is 11.6 Å². The summed E-state index contributed by atoms with van der Waals surface area (Å²) in [5.41, 5.74) is 5.04. The van der Waals surface area contributed by atoms with Crippen molar-refractivity contribution >= 4 is 32.3 Å². The molecule has 5 nitrogen and oxygen atoms in total. The molecule has 0 saturated heterocycles. The number of nitrogens with zero attached hydrogens (tertiary/aromatic N) is 2. The monoisotopic (exact) mass is 536 g/mol. The Morgan fingerprint density at radius 1 is 0.919 bits per heavy atom. The van der Waals surface area contributed by atoms with Crippen molar-refractivity contribution in [3.05, 3.63) is 99.2 Å². The zero-order valence-electron chi connectivity index (χ0n) is 21.9. The summed E-state index contributed by atoms with van der Waals surface area (Å²) in [6.45, 7) is 11.9. The quantitative estimate of drug-likeness (QED) is 0.264. The average Bonchev–Trinajstić information content (AvgIpc) is 2.83. The molecule has 0 aliphatic heterocycles. The summed E-state index contributed by atoms with van der Waals surface area (Å²) in [7, 11) is -3.90. The fourth-order valence-corrected chi connectivity index (χ4v) is 7.10. The van der Waals surface area contributed by atoms with Gasteiger partial charge in [-0.05, 0) is 98.6 Å². The lowest BCUT2D eigenvalue weighted by atomic mass is 9.97. The van der Waals surface area contributed by atoms with E-state index >= 15 is 0 Å². The first-order valence-electron chi connectivity index (χ1n) is 12.5. The van der Waals surface area contributed by atoms with Crippen LogP contribution in [0.2, 0.25) is 5.02 Å². The summed E-state index contributed by atoms with van der Waals surface area (Å²) >= 11 is 6.26. The summed E-state index contributed by atoms with van der Waals surface area (Å²) < 4.78 is 28.9. The van der Waals surface area contributed by atoms with Crippen LogP contribution in [0.5, 0.6) is 5.75 Å². The van der Waals surface area contributed by atoms with Gasteiger partial charge in [-0.1, -0.05) is 43.6 Å². The highest BCUT2D eigenvalue weighted by Gasteiger charge is 2.33. The highest BCUT2D eigenvalue weighted by molar-refractivity contribution is 7.92. The van der Waals surface area contributed by atoms with Gasteiger partial charge in [0.05, 0.1) is 10.4 Å². The number of fused-ring (bicyclic) bond motifs is 1. The Morgan fingerprint density at radius 3 is 2.24 bits per heavy atom. The minimum Gasteiger partial charge on any atom is -0.508 e. The predicted octanol–water partition coefficient (Wildman–Crippen LogP) is 6.92. The van der Waals surface area contributed by atoms with Crippen LogP contribution < -0.4 is 0 Å². The van der Waals surface area contributed by atoms with Crippen molar-refractivity contribution in [2.75, 3.05) is 13.1 Å². The van der Waals surface area contributed by atoms with Gasteiger partial charge in [-0.2, -0.15) is 0 Å². The maximum atomic E-state index is 14.5. The molecule has 4 aromatic rings. The third kappa shape index (κ3) is 5.66. The number of hydrogen-bond donors (Lipinski definition) is 1. The number of aromatic hydroxyl groups is 1. The smallest absolute Gasteiger partial charge is 0.189 e. The second-order valence-corrected chi connectivity index (χ2v) is 12.1. The number of rotatable bonds is 8. The lowest BCUT2D eigenvalue weighted by Crippen LogP contribution is -2.22. The van der Waals surface area contributed by atoms with Gasteiger partial charge in [0.25, 0.3) is 0 Å². The Bertz CT molecular complexity index is 1540. The molecule has 1 unspecified atom stereocenters. The Balaban J connectivity index is 2.02. The maximum Gasteiger partial charge on any atom is 0.189 e. The van der Waals surface area contributed by atoms with E-state index < -0.39 is 15.1 Å². The fraction of sp³-hybridized carbons (Fsp3) is 0.300. The molecule has 3 aromatic carbocycles. The second kappa shape index (κ2) is 10.8. The summed E-state index contributed by atoms with van der Waals surface area (Å²) in [6.07, 6.45) is 0. The number of benzene rings is 3. The van der Waals surface area contributed by atoms with E-state index in [0.717, 1.165) is 29.6 Å². The highest BCUT2D eigenvalue weighted by atomic mass is 35.5. The van der Waals surface area contributed by atoms with E-state index in [1.54, 1.807) is 36.4 Å². The van der Waals surface area contributed by atoms with Crippen LogP contribution in [-0.2, 0) is 16.4 Å². The SMILES string of the molecule is CCN(CC)Cc1cc(C(c2cc(C)nc3cc(Cl)ccc23)S(=O)(=O)c2cc(C)cc(C)c2)ccc1O. The largest absolute Gasteiger partial charge is 0.508 e. The van der Waals surface area contributed by atoms with Crippen LogP contribution >= 0.6 is 11.6 Å². The predicted molar refractivity (Wildman–Crippen MR) is 151 cm³/mol. The molecule has 37 heavy (non-hydrogen) atoms. The third-order valence-electron chi connectivity index (χ3n) is 6.74. The van der Waals surface area contributed by atoms with E-state index in [0.29, 0.717) is 39.5 Å². The number of sulfone groups is 1. The molecular weight excluding hydrogens is 504 g/mol. The van der Waals surface area contributed by atoms with Gasteiger partial charge in [0, 0.05) is 28.2 Å². The standard InChI is InChI=1S/C30H33ClN2O3S/c1-6-33(7-2)18-23-16-22(8-11-29(23)34)30(37(35,36)25-13-19(3)12-20(4)14-25)27-15-21(5)32-28-17-24(31)9-10-26(27)28/h8-17,30,34H,6-7,18H2,1-5H3. The topological polar surface area (TPSA) is 70.5 Å². The molecule has 1 aromatic heterocycles. The van der Waals surface area contributed by atoms with Gasteiger partial charge in [-0.15, -0.1) is 0 Å². The van der Waals surface area contributed by atoms with E-state index in [2.05, 4.69) is 23.7 Å². The normalized spacial score (nSPS) is 12.8. The lowest BCUT2D eigenvalue weighted by Gasteiger charge is -2.24. The molecule has 0 saturated carbocycles. The second-order valence-electron chi connectivity index (χ2n) is 9.61. The van der Waals surface area contributed by atoms with Crippen molar-refractivity contribution in [1.29, 1.82) is 0 Å². The van der Waals surface area contributed by atoms with Crippen LogP contribution in [0, 0.1) is 20.8 Å². The fourth-order valence-electron chi connectivity index (χ4n) is 4.93.